The zero-order valence-electron chi connectivity index (χ0n) is 19.7. The van der Waals surface area contributed by atoms with Crippen LogP contribution in [0.4, 0.5) is 4.79 Å². The Morgan fingerprint density at radius 2 is 1.52 bits per heavy atom. The zero-order valence-corrected chi connectivity index (χ0v) is 19.7. The van der Waals surface area contributed by atoms with Crippen LogP contribution in [0.2, 0.25) is 0 Å². The van der Waals surface area contributed by atoms with E-state index < -0.39 is 23.8 Å². The highest BCUT2D eigenvalue weighted by molar-refractivity contribution is 5.82. The fraction of sp³-hybridized carbons (Fsp3) is 0.462. The summed E-state index contributed by atoms with van der Waals surface area (Å²) < 4.78 is 5.10. The van der Waals surface area contributed by atoms with Gasteiger partial charge in [0, 0.05) is 6.42 Å². The minimum Gasteiger partial charge on any atom is -0.445 e. The van der Waals surface area contributed by atoms with Crippen LogP contribution in [-0.4, -0.2) is 40.6 Å². The third-order valence-electron chi connectivity index (χ3n) is 5.23. The van der Waals surface area contributed by atoms with Gasteiger partial charge >= 0.3 is 6.09 Å². The molecule has 2 rings (SSSR count). The topological polar surface area (TPSA) is 108 Å². The number of hydrogen-bond donors (Lipinski definition) is 4. The van der Waals surface area contributed by atoms with Crippen molar-refractivity contribution in [1.82, 2.24) is 10.6 Å². The van der Waals surface area contributed by atoms with E-state index in [1.54, 1.807) is 12.1 Å². The molecule has 2 aromatic rings. The molecular formula is C26H36N2O5. The monoisotopic (exact) mass is 456 g/mol. The second-order valence-corrected chi connectivity index (χ2v) is 9.53. The van der Waals surface area contributed by atoms with Crippen LogP contribution in [0.1, 0.15) is 51.2 Å². The number of nitrogens with one attached hydrogen (secondary N) is 2. The molecule has 0 aliphatic carbocycles. The summed E-state index contributed by atoms with van der Waals surface area (Å²) in [7, 11) is 0. The Morgan fingerprint density at radius 1 is 0.939 bits per heavy atom. The first-order valence-electron chi connectivity index (χ1n) is 11.3. The molecule has 7 heteroatoms. The average molecular weight is 457 g/mol. The minimum atomic E-state index is -2.14. The molecule has 1 atom stereocenters. The number of hydrogen-bond acceptors (Lipinski definition) is 5. The van der Waals surface area contributed by atoms with Crippen molar-refractivity contribution < 1.29 is 24.5 Å². The number of carbonyl (C=O) groups excluding carboxylic acids is 2. The largest absolute Gasteiger partial charge is 0.445 e. The van der Waals surface area contributed by atoms with Crippen LogP contribution in [0.15, 0.2) is 60.7 Å². The standard InChI is InChI=1S/C26H36N2O5/c1-25(2,3)16-10-15-22(26(31,32)17-20-11-6-4-7-12-20)28-23(29)18-27-24(30)33-19-21-13-8-5-9-14-21/h4-9,11-14,22,31-32H,10,15-19H2,1-3H3,(H,27,30)(H,28,29). The molecule has 0 radical (unpaired) electrons. The molecule has 2 amide bonds. The first-order valence-corrected chi connectivity index (χ1v) is 11.3. The van der Waals surface area contributed by atoms with E-state index in [-0.39, 0.29) is 25.0 Å². The van der Waals surface area contributed by atoms with Gasteiger partial charge in [-0.15, -0.1) is 0 Å². The second-order valence-electron chi connectivity index (χ2n) is 9.53. The maximum atomic E-state index is 12.5. The maximum Gasteiger partial charge on any atom is 0.407 e. The quantitative estimate of drug-likeness (QED) is 0.387. The van der Waals surface area contributed by atoms with Crippen LogP contribution in [0, 0.1) is 5.41 Å². The van der Waals surface area contributed by atoms with Crippen molar-refractivity contribution in [1.29, 1.82) is 0 Å². The molecule has 180 valence electrons. The van der Waals surface area contributed by atoms with E-state index in [0.717, 1.165) is 17.5 Å². The summed E-state index contributed by atoms with van der Waals surface area (Å²) in [6, 6.07) is 17.4. The van der Waals surface area contributed by atoms with Crippen LogP contribution < -0.4 is 10.6 Å². The summed E-state index contributed by atoms with van der Waals surface area (Å²) in [4.78, 5) is 24.4. The van der Waals surface area contributed by atoms with Crippen molar-refractivity contribution in [3.05, 3.63) is 71.8 Å². The third-order valence-corrected chi connectivity index (χ3v) is 5.23. The van der Waals surface area contributed by atoms with Gasteiger partial charge in [-0.05, 0) is 29.4 Å². The maximum absolute atomic E-state index is 12.5. The van der Waals surface area contributed by atoms with Gasteiger partial charge in [-0.1, -0.05) is 87.9 Å². The van der Waals surface area contributed by atoms with Crippen LogP contribution in [0.5, 0.6) is 0 Å². The highest BCUT2D eigenvalue weighted by Crippen LogP contribution is 2.25. The lowest BCUT2D eigenvalue weighted by Gasteiger charge is -2.33. The smallest absolute Gasteiger partial charge is 0.407 e. The second kappa shape index (κ2) is 12.4. The molecule has 7 nitrogen and oxygen atoms in total. The molecule has 0 heterocycles. The van der Waals surface area contributed by atoms with Crippen molar-refractivity contribution in [3.63, 3.8) is 0 Å². The van der Waals surface area contributed by atoms with Crippen LogP contribution in [0.25, 0.3) is 0 Å². The summed E-state index contributed by atoms with van der Waals surface area (Å²) in [5.74, 6) is -2.66. The minimum absolute atomic E-state index is 0.0269. The number of ether oxygens (including phenoxy) is 1. The molecule has 0 bridgehead atoms. The Labute approximate surface area is 196 Å². The van der Waals surface area contributed by atoms with Crippen LogP contribution in [0.3, 0.4) is 0 Å². The lowest BCUT2D eigenvalue weighted by molar-refractivity contribution is -0.185. The van der Waals surface area contributed by atoms with Gasteiger partial charge < -0.3 is 25.6 Å². The Hall–Kier alpha value is -2.90. The Bertz CT molecular complexity index is 863. The SMILES string of the molecule is CC(C)(C)CCCC(NC(=O)CNC(=O)OCc1ccccc1)C(O)(O)Cc1ccccc1. The van der Waals surface area contributed by atoms with Crippen molar-refractivity contribution in [3.8, 4) is 0 Å². The van der Waals surface area contributed by atoms with Gasteiger partial charge in [-0.3, -0.25) is 4.79 Å². The molecule has 0 spiro atoms. The number of alkyl carbamates (subject to hydrolysis) is 1. The van der Waals surface area contributed by atoms with Gasteiger partial charge in [-0.2, -0.15) is 0 Å². The number of rotatable bonds is 11. The highest BCUT2D eigenvalue weighted by Gasteiger charge is 2.35. The predicted octanol–water partition coefficient (Wildman–Crippen LogP) is 3.54. The van der Waals surface area contributed by atoms with Gasteiger partial charge in [0.25, 0.3) is 0 Å². The van der Waals surface area contributed by atoms with E-state index in [9.17, 15) is 19.8 Å². The van der Waals surface area contributed by atoms with Crippen molar-refractivity contribution >= 4 is 12.0 Å². The fourth-order valence-electron chi connectivity index (χ4n) is 3.45. The van der Waals surface area contributed by atoms with Gasteiger partial charge in [-0.25, -0.2) is 4.79 Å². The number of aliphatic hydroxyl groups is 2. The molecule has 0 aromatic heterocycles. The summed E-state index contributed by atoms with van der Waals surface area (Å²) in [6.45, 7) is 6.10. The Balaban J connectivity index is 1.91. The van der Waals surface area contributed by atoms with E-state index >= 15 is 0 Å². The van der Waals surface area contributed by atoms with E-state index in [1.165, 1.54) is 0 Å². The van der Waals surface area contributed by atoms with Crippen LogP contribution in [-0.2, 0) is 22.6 Å². The Kier molecular flexibility index (Phi) is 9.88. The molecule has 2 aromatic carbocycles. The van der Waals surface area contributed by atoms with Gasteiger partial charge in [0.15, 0.2) is 5.79 Å². The molecular weight excluding hydrogens is 420 g/mol. The van der Waals surface area contributed by atoms with E-state index in [0.29, 0.717) is 12.8 Å². The molecule has 0 aliphatic rings. The molecule has 0 saturated carbocycles. The van der Waals surface area contributed by atoms with Crippen molar-refractivity contribution in [2.24, 2.45) is 5.41 Å². The summed E-state index contributed by atoms with van der Waals surface area (Å²) in [5, 5.41) is 26.7. The normalized spacial score (nSPS) is 12.6. The van der Waals surface area contributed by atoms with E-state index in [2.05, 4.69) is 31.4 Å². The molecule has 0 aliphatic heterocycles. The lowest BCUT2D eigenvalue weighted by atomic mass is 9.87. The molecule has 0 saturated heterocycles. The van der Waals surface area contributed by atoms with Crippen molar-refractivity contribution in [2.75, 3.05) is 6.54 Å². The molecule has 1 unspecified atom stereocenters. The molecule has 33 heavy (non-hydrogen) atoms. The fourth-order valence-corrected chi connectivity index (χ4v) is 3.45. The van der Waals surface area contributed by atoms with Gasteiger partial charge in [0.2, 0.25) is 5.91 Å². The average Bonchev–Trinajstić information content (AvgIpc) is 2.76. The summed E-state index contributed by atoms with van der Waals surface area (Å²) >= 11 is 0. The first kappa shape index (κ1) is 26.4. The third kappa shape index (κ3) is 10.5. The number of carbonyl (C=O) groups is 2. The Morgan fingerprint density at radius 3 is 2.09 bits per heavy atom. The summed E-state index contributed by atoms with van der Waals surface area (Å²) in [5.41, 5.74) is 1.67. The highest BCUT2D eigenvalue weighted by atomic mass is 16.5. The zero-order chi connectivity index (χ0) is 24.3. The van der Waals surface area contributed by atoms with Crippen molar-refractivity contribution in [2.45, 2.75) is 64.9 Å². The van der Waals surface area contributed by atoms with Gasteiger partial charge in [0.05, 0.1) is 6.04 Å². The first-order chi connectivity index (χ1) is 15.5. The number of amides is 2. The summed E-state index contributed by atoms with van der Waals surface area (Å²) in [6.07, 6.45) is 1.22. The van der Waals surface area contributed by atoms with Gasteiger partial charge in [0.1, 0.15) is 13.2 Å². The lowest BCUT2D eigenvalue weighted by Crippen LogP contribution is -2.55. The van der Waals surface area contributed by atoms with E-state index in [4.69, 9.17) is 4.74 Å². The number of benzene rings is 2. The molecule has 4 N–H and O–H groups in total. The van der Waals surface area contributed by atoms with Crippen LogP contribution >= 0.6 is 0 Å². The van der Waals surface area contributed by atoms with E-state index in [1.807, 2.05) is 48.5 Å². The predicted molar refractivity (Wildman–Crippen MR) is 127 cm³/mol. The molecule has 0 fully saturated rings.